The topological polar surface area (TPSA) is 102 Å². The van der Waals surface area contributed by atoms with E-state index in [1.807, 2.05) is 0 Å². The number of aromatic hydroxyl groups is 1. The molecular weight excluding hydrogens is 372 g/mol. The van der Waals surface area contributed by atoms with E-state index in [-0.39, 0.29) is 10.6 Å². The highest BCUT2D eigenvalue weighted by atomic mass is 79.9. The third-order valence-electron chi connectivity index (χ3n) is 2.81. The first-order chi connectivity index (χ1) is 10.3. The summed E-state index contributed by atoms with van der Waals surface area (Å²) in [5, 5.41) is 15.0. The molecule has 0 aliphatic heterocycles. The maximum atomic E-state index is 11.2. The molecule has 2 aromatic carbocycles. The zero-order valence-corrected chi connectivity index (χ0v) is 13.9. The van der Waals surface area contributed by atoms with Crippen molar-refractivity contribution in [2.75, 3.05) is 7.11 Å². The molecule has 0 aromatic heterocycles. The maximum Gasteiger partial charge on any atom is 0.238 e. The van der Waals surface area contributed by atoms with E-state index < -0.39 is 10.0 Å². The molecule has 0 unspecified atom stereocenters. The van der Waals surface area contributed by atoms with Crippen molar-refractivity contribution >= 4 is 37.9 Å². The SMILES string of the molecule is COc1cc(Br)cc(C=Nc2ccc(S(N)(=O)=O)cc2)c1O. The number of ether oxygens (including phenoxy) is 1. The van der Waals surface area contributed by atoms with E-state index in [0.29, 0.717) is 17.0 Å². The fourth-order valence-corrected chi connectivity index (χ4v) is 2.68. The minimum atomic E-state index is -3.72. The number of phenols is 1. The van der Waals surface area contributed by atoms with Gasteiger partial charge in [-0.3, -0.25) is 4.99 Å². The third kappa shape index (κ3) is 3.85. The van der Waals surface area contributed by atoms with Gasteiger partial charge in [0.25, 0.3) is 0 Å². The summed E-state index contributed by atoms with van der Waals surface area (Å²) in [6.45, 7) is 0. The van der Waals surface area contributed by atoms with Crippen LogP contribution in [0.5, 0.6) is 11.5 Å². The lowest BCUT2D eigenvalue weighted by Crippen LogP contribution is -2.11. The lowest BCUT2D eigenvalue weighted by molar-refractivity contribution is 0.373. The van der Waals surface area contributed by atoms with Crippen LogP contribution in [0.15, 0.2) is 50.8 Å². The number of hydrogen-bond acceptors (Lipinski definition) is 5. The molecule has 0 fully saturated rings. The molecule has 8 heteroatoms. The molecule has 0 aliphatic carbocycles. The number of nitrogens with zero attached hydrogens (tertiary/aromatic N) is 1. The van der Waals surface area contributed by atoms with Crippen LogP contribution in [0.2, 0.25) is 0 Å². The molecule has 0 heterocycles. The second-order valence-corrected chi connectivity index (χ2v) is 6.82. The minimum Gasteiger partial charge on any atom is -0.504 e. The van der Waals surface area contributed by atoms with Gasteiger partial charge in [0.2, 0.25) is 10.0 Å². The molecular formula is C14H13BrN2O4S. The van der Waals surface area contributed by atoms with E-state index in [2.05, 4.69) is 20.9 Å². The average molecular weight is 385 g/mol. The lowest BCUT2D eigenvalue weighted by atomic mass is 10.2. The zero-order valence-electron chi connectivity index (χ0n) is 11.5. The Morgan fingerprint density at radius 2 is 1.91 bits per heavy atom. The van der Waals surface area contributed by atoms with Crippen LogP contribution in [0.1, 0.15) is 5.56 Å². The molecule has 0 aliphatic rings. The van der Waals surface area contributed by atoms with Gasteiger partial charge in [0, 0.05) is 16.3 Å². The number of sulfonamides is 1. The number of aliphatic imine (C=N–C) groups is 1. The van der Waals surface area contributed by atoms with E-state index >= 15 is 0 Å². The van der Waals surface area contributed by atoms with Crippen LogP contribution in [0.3, 0.4) is 0 Å². The summed E-state index contributed by atoms with van der Waals surface area (Å²) in [7, 11) is -2.27. The predicted molar refractivity (Wildman–Crippen MR) is 87.4 cm³/mol. The van der Waals surface area contributed by atoms with E-state index in [9.17, 15) is 13.5 Å². The number of phenolic OH excluding ortho intramolecular Hbond substituents is 1. The van der Waals surface area contributed by atoms with Gasteiger partial charge in [0.1, 0.15) is 0 Å². The summed E-state index contributed by atoms with van der Waals surface area (Å²) in [5.74, 6) is 0.288. The molecule has 0 amide bonds. The van der Waals surface area contributed by atoms with Gasteiger partial charge in [0.15, 0.2) is 11.5 Å². The number of methoxy groups -OCH3 is 1. The first-order valence-electron chi connectivity index (χ1n) is 6.04. The Labute approximate surface area is 136 Å². The van der Waals surface area contributed by atoms with Crippen LogP contribution < -0.4 is 9.88 Å². The van der Waals surface area contributed by atoms with Crippen LogP contribution in [0.25, 0.3) is 0 Å². The number of hydrogen-bond donors (Lipinski definition) is 2. The van der Waals surface area contributed by atoms with E-state index in [1.165, 1.54) is 37.6 Å². The van der Waals surface area contributed by atoms with Crippen molar-refractivity contribution in [1.82, 2.24) is 0 Å². The fraction of sp³-hybridized carbons (Fsp3) is 0.0714. The number of halogens is 1. The van der Waals surface area contributed by atoms with Gasteiger partial charge in [-0.15, -0.1) is 0 Å². The van der Waals surface area contributed by atoms with Crippen molar-refractivity contribution in [2.45, 2.75) is 4.90 Å². The normalized spacial score (nSPS) is 11.8. The number of nitrogens with two attached hydrogens (primary N) is 1. The monoisotopic (exact) mass is 384 g/mol. The van der Waals surface area contributed by atoms with E-state index in [4.69, 9.17) is 9.88 Å². The fourth-order valence-electron chi connectivity index (χ4n) is 1.71. The summed E-state index contributed by atoms with van der Waals surface area (Å²) >= 11 is 3.31. The molecule has 0 radical (unpaired) electrons. The van der Waals surface area contributed by atoms with Crippen molar-refractivity contribution in [3.05, 3.63) is 46.4 Å². The molecule has 2 aromatic rings. The van der Waals surface area contributed by atoms with Crippen molar-refractivity contribution < 1.29 is 18.3 Å². The first-order valence-corrected chi connectivity index (χ1v) is 8.38. The summed E-state index contributed by atoms with van der Waals surface area (Å²) in [5.41, 5.74) is 0.979. The van der Waals surface area contributed by atoms with E-state index in [1.54, 1.807) is 12.1 Å². The van der Waals surface area contributed by atoms with Crippen LogP contribution >= 0.6 is 15.9 Å². The van der Waals surface area contributed by atoms with Gasteiger partial charge >= 0.3 is 0 Å². The third-order valence-corrected chi connectivity index (χ3v) is 4.19. The number of primary sulfonamides is 1. The molecule has 22 heavy (non-hydrogen) atoms. The molecule has 3 N–H and O–H groups in total. The van der Waals surface area contributed by atoms with Crippen molar-refractivity contribution in [2.24, 2.45) is 10.1 Å². The highest BCUT2D eigenvalue weighted by molar-refractivity contribution is 9.10. The molecule has 116 valence electrons. The summed E-state index contributed by atoms with van der Waals surface area (Å²) in [4.78, 5) is 4.19. The highest BCUT2D eigenvalue weighted by Gasteiger charge is 2.09. The molecule has 2 rings (SSSR count). The van der Waals surface area contributed by atoms with Crippen LogP contribution in [-0.2, 0) is 10.0 Å². The number of rotatable bonds is 4. The van der Waals surface area contributed by atoms with Gasteiger partial charge in [0.05, 0.1) is 17.7 Å². The molecule has 0 atom stereocenters. The van der Waals surface area contributed by atoms with Crippen LogP contribution in [0.4, 0.5) is 5.69 Å². The Hall–Kier alpha value is -1.90. The van der Waals surface area contributed by atoms with Crippen molar-refractivity contribution in [3.8, 4) is 11.5 Å². The molecule has 6 nitrogen and oxygen atoms in total. The van der Waals surface area contributed by atoms with E-state index in [0.717, 1.165) is 4.47 Å². The Bertz CT molecular complexity index is 817. The van der Waals surface area contributed by atoms with Crippen molar-refractivity contribution in [3.63, 3.8) is 0 Å². The quantitative estimate of drug-likeness (QED) is 0.790. The van der Waals surface area contributed by atoms with Gasteiger partial charge in [-0.05, 0) is 36.4 Å². The largest absolute Gasteiger partial charge is 0.504 e. The summed E-state index contributed by atoms with van der Waals surface area (Å²) in [6.07, 6.45) is 1.45. The molecule has 0 bridgehead atoms. The lowest BCUT2D eigenvalue weighted by Gasteiger charge is -2.06. The second-order valence-electron chi connectivity index (χ2n) is 4.34. The Morgan fingerprint density at radius 1 is 1.27 bits per heavy atom. The van der Waals surface area contributed by atoms with Crippen LogP contribution in [-0.4, -0.2) is 26.8 Å². The molecule has 0 spiro atoms. The summed E-state index contributed by atoms with van der Waals surface area (Å²) in [6, 6.07) is 9.07. The van der Waals surface area contributed by atoms with Gasteiger partial charge in [-0.2, -0.15) is 0 Å². The summed E-state index contributed by atoms with van der Waals surface area (Å²) < 4.78 is 28.1. The minimum absolute atomic E-state index is 0.0124. The Kier molecular flexibility index (Phi) is 4.84. The molecule has 0 saturated heterocycles. The smallest absolute Gasteiger partial charge is 0.238 e. The first kappa shape index (κ1) is 16.5. The van der Waals surface area contributed by atoms with Gasteiger partial charge in [-0.25, -0.2) is 13.6 Å². The van der Waals surface area contributed by atoms with Gasteiger partial charge < -0.3 is 9.84 Å². The standard InChI is InChI=1S/C14H13BrN2O4S/c1-21-13-7-10(15)6-9(14(13)18)8-17-11-2-4-12(5-3-11)22(16,19)20/h2-8,18H,1H3,(H2,16,19,20). The van der Waals surface area contributed by atoms with Crippen LogP contribution in [0, 0.1) is 0 Å². The molecule has 0 saturated carbocycles. The number of benzene rings is 2. The highest BCUT2D eigenvalue weighted by Crippen LogP contribution is 2.32. The predicted octanol–water partition coefficient (Wildman–Crippen LogP) is 2.56. The maximum absolute atomic E-state index is 11.2. The Morgan fingerprint density at radius 3 is 2.45 bits per heavy atom. The van der Waals surface area contributed by atoms with Gasteiger partial charge in [-0.1, -0.05) is 15.9 Å². The second kappa shape index (κ2) is 6.47. The zero-order chi connectivity index (χ0) is 16.3. The average Bonchev–Trinajstić information content (AvgIpc) is 2.47. The van der Waals surface area contributed by atoms with Crippen molar-refractivity contribution in [1.29, 1.82) is 0 Å². The Balaban J connectivity index is 2.31.